The first kappa shape index (κ1) is 14.4. The molecule has 21 heavy (non-hydrogen) atoms. The van der Waals surface area contributed by atoms with Crippen LogP contribution in [0, 0.1) is 0 Å². The van der Waals surface area contributed by atoms with Crippen molar-refractivity contribution in [3.8, 4) is 0 Å². The van der Waals surface area contributed by atoms with Gasteiger partial charge in [-0.05, 0) is 18.4 Å². The van der Waals surface area contributed by atoms with E-state index >= 15 is 0 Å². The Balaban J connectivity index is 1.62. The summed E-state index contributed by atoms with van der Waals surface area (Å²) in [5.74, 6) is 0. The van der Waals surface area contributed by atoms with Crippen molar-refractivity contribution in [1.29, 1.82) is 0 Å². The second-order valence-electron chi connectivity index (χ2n) is 5.77. The molecule has 1 aliphatic heterocycles. The number of nitrogens with zero attached hydrogens (tertiary/aromatic N) is 1. The molecule has 1 aliphatic carbocycles. The number of rotatable bonds is 5. The number of carbonyl (C=O) groups is 1. The van der Waals surface area contributed by atoms with Crippen LogP contribution in [0.2, 0.25) is 0 Å². The van der Waals surface area contributed by atoms with E-state index in [1.165, 1.54) is 0 Å². The Bertz CT molecular complexity index is 456. The van der Waals surface area contributed by atoms with Gasteiger partial charge in [0.1, 0.15) is 0 Å². The second kappa shape index (κ2) is 6.91. The number of benzene rings is 1. The molecule has 1 unspecified atom stereocenters. The number of morpholine rings is 1. The van der Waals surface area contributed by atoms with Gasteiger partial charge in [0.15, 0.2) is 0 Å². The minimum atomic E-state index is -0.0559. The third kappa shape index (κ3) is 4.44. The summed E-state index contributed by atoms with van der Waals surface area (Å²) >= 11 is 0. The molecular weight excluding hydrogens is 266 g/mol. The molecule has 1 saturated carbocycles. The maximum Gasteiger partial charge on any atom is 0.315 e. The summed E-state index contributed by atoms with van der Waals surface area (Å²) in [5.41, 5.74) is 1.15. The fourth-order valence-electron chi connectivity index (χ4n) is 2.57. The molecule has 5 nitrogen and oxygen atoms in total. The Labute approximate surface area is 125 Å². The number of hydrogen-bond acceptors (Lipinski definition) is 3. The fraction of sp³-hybridized carbons (Fsp3) is 0.562. The molecule has 2 N–H and O–H groups in total. The number of nitrogens with one attached hydrogen (secondary N) is 2. The highest BCUT2D eigenvalue weighted by Gasteiger charge is 2.25. The predicted octanol–water partition coefficient (Wildman–Crippen LogP) is 1.52. The van der Waals surface area contributed by atoms with Crippen LogP contribution in [0.4, 0.5) is 4.79 Å². The van der Waals surface area contributed by atoms with Gasteiger partial charge in [0.25, 0.3) is 0 Å². The van der Waals surface area contributed by atoms with Crippen LogP contribution < -0.4 is 10.6 Å². The molecule has 1 aromatic rings. The number of hydrogen-bond donors (Lipinski definition) is 2. The Morgan fingerprint density at radius 2 is 1.95 bits per heavy atom. The van der Waals surface area contributed by atoms with Gasteiger partial charge in [0.05, 0.1) is 19.3 Å². The van der Waals surface area contributed by atoms with Crippen LogP contribution in [0.15, 0.2) is 30.3 Å². The van der Waals surface area contributed by atoms with Gasteiger partial charge in [-0.3, -0.25) is 4.90 Å². The number of carbonyl (C=O) groups excluding carboxylic acids is 1. The van der Waals surface area contributed by atoms with Crippen molar-refractivity contribution < 1.29 is 9.53 Å². The largest absolute Gasteiger partial charge is 0.379 e. The van der Waals surface area contributed by atoms with Crippen molar-refractivity contribution in [2.24, 2.45) is 0 Å². The van der Waals surface area contributed by atoms with Crippen LogP contribution in [0.1, 0.15) is 24.4 Å². The van der Waals surface area contributed by atoms with Gasteiger partial charge >= 0.3 is 6.03 Å². The molecular formula is C16H23N3O2. The summed E-state index contributed by atoms with van der Waals surface area (Å²) in [5, 5.41) is 6.12. The molecule has 1 atom stereocenters. The zero-order valence-corrected chi connectivity index (χ0v) is 12.3. The van der Waals surface area contributed by atoms with Crippen LogP contribution >= 0.6 is 0 Å². The van der Waals surface area contributed by atoms with Gasteiger partial charge in [-0.15, -0.1) is 0 Å². The van der Waals surface area contributed by atoms with Crippen LogP contribution in [0.25, 0.3) is 0 Å². The molecule has 0 bridgehead atoms. The molecule has 0 aromatic heterocycles. The topological polar surface area (TPSA) is 53.6 Å². The lowest BCUT2D eigenvalue weighted by atomic mass is 10.1. The molecule has 0 spiro atoms. The summed E-state index contributed by atoms with van der Waals surface area (Å²) in [6.07, 6.45) is 2.21. The smallest absolute Gasteiger partial charge is 0.315 e. The van der Waals surface area contributed by atoms with E-state index in [0.29, 0.717) is 6.04 Å². The Hall–Kier alpha value is -1.59. The van der Waals surface area contributed by atoms with Crippen LogP contribution in [-0.4, -0.2) is 49.8 Å². The van der Waals surface area contributed by atoms with E-state index in [4.69, 9.17) is 4.74 Å². The number of ether oxygens (including phenoxy) is 1. The standard InChI is InChI=1S/C16H23N3O2/c20-16(17-14-6-7-14)18-15(13-4-2-1-3-5-13)12-19-8-10-21-11-9-19/h1-5,14-15H,6-12H2,(H2,17,18,20). The summed E-state index contributed by atoms with van der Waals surface area (Å²) in [7, 11) is 0. The third-order valence-corrected chi connectivity index (χ3v) is 3.96. The van der Waals surface area contributed by atoms with Crippen LogP contribution in [0.5, 0.6) is 0 Å². The first-order valence-electron chi connectivity index (χ1n) is 7.73. The molecule has 2 amide bonds. The Morgan fingerprint density at radius 3 is 2.62 bits per heavy atom. The quantitative estimate of drug-likeness (QED) is 0.864. The van der Waals surface area contributed by atoms with Gasteiger partial charge < -0.3 is 15.4 Å². The Kier molecular flexibility index (Phi) is 4.72. The van der Waals surface area contributed by atoms with Crippen molar-refractivity contribution in [3.63, 3.8) is 0 Å². The maximum absolute atomic E-state index is 12.1. The van der Waals surface area contributed by atoms with Gasteiger partial charge in [-0.1, -0.05) is 30.3 Å². The van der Waals surface area contributed by atoms with E-state index < -0.39 is 0 Å². The van der Waals surface area contributed by atoms with E-state index in [1.807, 2.05) is 18.2 Å². The zero-order chi connectivity index (χ0) is 14.5. The molecule has 2 aliphatic rings. The average Bonchev–Trinajstić information content (AvgIpc) is 3.32. The molecule has 1 heterocycles. The molecule has 1 aromatic carbocycles. The van der Waals surface area contributed by atoms with Crippen LogP contribution in [-0.2, 0) is 4.74 Å². The van der Waals surface area contributed by atoms with E-state index in [9.17, 15) is 4.79 Å². The molecule has 114 valence electrons. The fourth-order valence-corrected chi connectivity index (χ4v) is 2.57. The molecule has 1 saturated heterocycles. The van der Waals surface area contributed by atoms with E-state index in [1.54, 1.807) is 0 Å². The normalized spacial score (nSPS) is 20.8. The third-order valence-electron chi connectivity index (χ3n) is 3.96. The summed E-state index contributed by atoms with van der Waals surface area (Å²) in [4.78, 5) is 14.4. The first-order chi connectivity index (χ1) is 10.3. The highest BCUT2D eigenvalue weighted by atomic mass is 16.5. The molecule has 0 radical (unpaired) electrons. The van der Waals surface area contributed by atoms with Gasteiger partial charge in [-0.25, -0.2) is 4.79 Å². The van der Waals surface area contributed by atoms with Gasteiger partial charge in [0.2, 0.25) is 0 Å². The zero-order valence-electron chi connectivity index (χ0n) is 12.3. The van der Waals surface area contributed by atoms with Crippen molar-refractivity contribution in [2.75, 3.05) is 32.8 Å². The Morgan fingerprint density at radius 1 is 1.24 bits per heavy atom. The average molecular weight is 289 g/mol. The second-order valence-corrected chi connectivity index (χ2v) is 5.77. The molecule has 5 heteroatoms. The van der Waals surface area contributed by atoms with Crippen molar-refractivity contribution in [3.05, 3.63) is 35.9 Å². The summed E-state index contributed by atoms with van der Waals surface area (Å²) < 4.78 is 5.39. The lowest BCUT2D eigenvalue weighted by molar-refractivity contribution is 0.0340. The highest BCUT2D eigenvalue weighted by Crippen LogP contribution is 2.19. The van der Waals surface area contributed by atoms with Crippen molar-refractivity contribution in [1.82, 2.24) is 15.5 Å². The first-order valence-corrected chi connectivity index (χ1v) is 7.73. The number of amides is 2. The summed E-state index contributed by atoms with van der Waals surface area (Å²) in [6, 6.07) is 10.5. The monoisotopic (exact) mass is 289 g/mol. The van der Waals surface area contributed by atoms with Gasteiger partial charge in [-0.2, -0.15) is 0 Å². The lowest BCUT2D eigenvalue weighted by Gasteiger charge is -2.31. The predicted molar refractivity (Wildman–Crippen MR) is 81.1 cm³/mol. The van der Waals surface area contributed by atoms with Crippen LogP contribution in [0.3, 0.4) is 0 Å². The molecule has 3 rings (SSSR count). The minimum absolute atomic E-state index is 0.0167. The van der Waals surface area contributed by atoms with Crippen molar-refractivity contribution >= 4 is 6.03 Å². The van der Waals surface area contributed by atoms with E-state index in [2.05, 4.69) is 27.7 Å². The summed E-state index contributed by atoms with van der Waals surface area (Å²) in [6.45, 7) is 4.22. The lowest BCUT2D eigenvalue weighted by Crippen LogP contribution is -2.46. The minimum Gasteiger partial charge on any atom is -0.379 e. The number of urea groups is 1. The molecule has 2 fully saturated rings. The van der Waals surface area contributed by atoms with E-state index in [0.717, 1.165) is 51.3 Å². The maximum atomic E-state index is 12.1. The van der Waals surface area contributed by atoms with Gasteiger partial charge in [0, 0.05) is 25.7 Å². The SMILES string of the molecule is O=C(NC1CC1)NC(CN1CCOCC1)c1ccccc1. The van der Waals surface area contributed by atoms with Crippen molar-refractivity contribution in [2.45, 2.75) is 24.9 Å². The highest BCUT2D eigenvalue weighted by molar-refractivity contribution is 5.75. The van der Waals surface area contributed by atoms with E-state index in [-0.39, 0.29) is 12.1 Å².